The summed E-state index contributed by atoms with van der Waals surface area (Å²) in [4.78, 5) is 0. The van der Waals surface area contributed by atoms with Gasteiger partial charge in [-0.05, 0) is 26.7 Å². The van der Waals surface area contributed by atoms with Gasteiger partial charge in [0.25, 0.3) is 0 Å². The molecule has 2 rings (SSSR count). The second-order valence-corrected chi connectivity index (χ2v) is 4.33. The number of ether oxygens (including phenoxy) is 2. The highest BCUT2D eigenvalue weighted by molar-refractivity contribution is 5.20. The fourth-order valence-corrected chi connectivity index (χ4v) is 1.75. The molecule has 0 aromatic rings. The lowest BCUT2D eigenvalue weighted by Crippen LogP contribution is -2.20. The van der Waals surface area contributed by atoms with Gasteiger partial charge in [-0.2, -0.15) is 0 Å². The van der Waals surface area contributed by atoms with Gasteiger partial charge in [0.1, 0.15) is 0 Å². The smallest absolute Gasteiger partial charge is 0.166 e. The van der Waals surface area contributed by atoms with Gasteiger partial charge in [-0.25, -0.2) is 0 Å². The number of hydrogen-bond donors (Lipinski definition) is 0. The normalized spacial score (nSPS) is 32.9. The van der Waals surface area contributed by atoms with Crippen molar-refractivity contribution in [3.05, 3.63) is 0 Å². The quantitative estimate of drug-likeness (QED) is 0.562. The summed E-state index contributed by atoms with van der Waals surface area (Å²) in [6, 6.07) is 0. The van der Waals surface area contributed by atoms with Crippen LogP contribution in [0.25, 0.3) is 0 Å². The van der Waals surface area contributed by atoms with E-state index < -0.39 is 5.79 Å². The molecule has 1 aliphatic heterocycles. The molecule has 0 aromatic heterocycles. The highest BCUT2D eigenvalue weighted by atomic mass is 16.7. The standard InChI is InChI=1S/C13H16O2/c1-13(2)14-11-9-7-5-3-4-6-8-10-12(11)15-13/h11-12H,3-6H2,1-2H3/t11-,12+. The van der Waals surface area contributed by atoms with E-state index >= 15 is 0 Å². The number of rotatable bonds is 0. The van der Waals surface area contributed by atoms with E-state index in [1.165, 1.54) is 0 Å². The van der Waals surface area contributed by atoms with Gasteiger partial charge in [0.15, 0.2) is 18.0 Å². The average Bonchev–Trinajstić information content (AvgIpc) is 2.46. The molecular weight excluding hydrogens is 188 g/mol. The summed E-state index contributed by atoms with van der Waals surface area (Å²) in [5, 5.41) is 0. The molecule has 1 saturated heterocycles. The average molecular weight is 204 g/mol. The fourth-order valence-electron chi connectivity index (χ4n) is 1.75. The second-order valence-electron chi connectivity index (χ2n) is 4.33. The minimum Gasteiger partial charge on any atom is -0.331 e. The van der Waals surface area contributed by atoms with Gasteiger partial charge in [0, 0.05) is 12.8 Å². The van der Waals surface area contributed by atoms with Gasteiger partial charge >= 0.3 is 0 Å². The zero-order chi connectivity index (χ0) is 10.7. The first-order valence-electron chi connectivity index (χ1n) is 5.50. The predicted molar refractivity (Wildman–Crippen MR) is 57.8 cm³/mol. The van der Waals surface area contributed by atoms with E-state index in [1.54, 1.807) is 0 Å². The third-order valence-corrected chi connectivity index (χ3v) is 2.44. The molecule has 0 unspecified atom stereocenters. The van der Waals surface area contributed by atoms with Gasteiger partial charge < -0.3 is 9.47 Å². The van der Waals surface area contributed by atoms with Crippen molar-refractivity contribution >= 4 is 0 Å². The van der Waals surface area contributed by atoms with Crippen LogP contribution in [0.5, 0.6) is 0 Å². The molecule has 1 heterocycles. The Morgan fingerprint density at radius 1 is 0.933 bits per heavy atom. The minimum atomic E-state index is -0.549. The Bertz CT molecular complexity index is 314. The van der Waals surface area contributed by atoms with Gasteiger partial charge in [0.2, 0.25) is 0 Å². The Kier molecular flexibility index (Phi) is 3.00. The van der Waals surface area contributed by atoms with Crippen LogP contribution >= 0.6 is 0 Å². The van der Waals surface area contributed by atoms with Crippen LogP contribution in [0.4, 0.5) is 0 Å². The third-order valence-electron chi connectivity index (χ3n) is 2.44. The summed E-state index contributed by atoms with van der Waals surface area (Å²) in [5.41, 5.74) is 0. The summed E-state index contributed by atoms with van der Waals surface area (Å²) in [6.45, 7) is 3.81. The third kappa shape index (κ3) is 2.75. The first kappa shape index (κ1) is 10.6. The van der Waals surface area contributed by atoms with Crippen molar-refractivity contribution in [1.29, 1.82) is 0 Å². The maximum absolute atomic E-state index is 5.69. The molecule has 2 aliphatic rings. The predicted octanol–water partition coefficient (Wildman–Crippen LogP) is 2.09. The summed E-state index contributed by atoms with van der Waals surface area (Å²) in [7, 11) is 0. The Hall–Kier alpha value is -0.960. The highest BCUT2D eigenvalue weighted by Gasteiger charge is 2.39. The van der Waals surface area contributed by atoms with E-state index in [4.69, 9.17) is 9.47 Å². The first-order chi connectivity index (χ1) is 7.17. The SMILES string of the molecule is CC1(C)O[C@H]2C#CCCCCC#C[C@H]2O1. The molecule has 0 amide bonds. The van der Waals surface area contributed by atoms with Crippen LogP contribution in [-0.4, -0.2) is 18.0 Å². The van der Waals surface area contributed by atoms with Crippen LogP contribution in [0.15, 0.2) is 0 Å². The number of hydrogen-bond acceptors (Lipinski definition) is 2. The Morgan fingerprint density at radius 3 is 1.87 bits per heavy atom. The van der Waals surface area contributed by atoms with Gasteiger partial charge in [0.05, 0.1) is 0 Å². The number of fused-ring (bicyclic) bond motifs is 1. The zero-order valence-electron chi connectivity index (χ0n) is 9.30. The highest BCUT2D eigenvalue weighted by Crippen LogP contribution is 2.27. The maximum Gasteiger partial charge on any atom is 0.166 e. The molecule has 0 spiro atoms. The minimum absolute atomic E-state index is 0.175. The van der Waals surface area contributed by atoms with Crippen molar-refractivity contribution in [2.24, 2.45) is 0 Å². The van der Waals surface area contributed by atoms with Gasteiger partial charge in [-0.15, -0.1) is 11.8 Å². The first-order valence-corrected chi connectivity index (χ1v) is 5.50. The van der Waals surface area contributed by atoms with E-state index in [0.29, 0.717) is 0 Å². The molecule has 2 heteroatoms. The van der Waals surface area contributed by atoms with Crippen LogP contribution in [0.1, 0.15) is 39.5 Å². The van der Waals surface area contributed by atoms with E-state index in [0.717, 1.165) is 25.7 Å². The summed E-state index contributed by atoms with van der Waals surface area (Å²) >= 11 is 0. The molecule has 15 heavy (non-hydrogen) atoms. The fraction of sp³-hybridized carbons (Fsp3) is 0.692. The molecule has 1 aliphatic carbocycles. The van der Waals surface area contributed by atoms with Crippen molar-refractivity contribution in [2.45, 2.75) is 57.5 Å². The van der Waals surface area contributed by atoms with Crippen LogP contribution in [0, 0.1) is 23.7 Å². The Labute approximate surface area is 91.3 Å². The van der Waals surface area contributed by atoms with Crippen molar-refractivity contribution in [2.75, 3.05) is 0 Å². The van der Waals surface area contributed by atoms with E-state index in [-0.39, 0.29) is 12.2 Å². The van der Waals surface area contributed by atoms with Crippen molar-refractivity contribution < 1.29 is 9.47 Å². The van der Waals surface area contributed by atoms with Crippen LogP contribution < -0.4 is 0 Å². The molecule has 0 bridgehead atoms. The molecule has 0 saturated carbocycles. The van der Waals surface area contributed by atoms with Crippen molar-refractivity contribution in [3.63, 3.8) is 0 Å². The van der Waals surface area contributed by atoms with Crippen molar-refractivity contribution in [3.8, 4) is 23.7 Å². The Morgan fingerprint density at radius 2 is 1.40 bits per heavy atom. The lowest BCUT2D eigenvalue weighted by Gasteiger charge is -2.14. The molecule has 0 radical (unpaired) electrons. The lowest BCUT2D eigenvalue weighted by molar-refractivity contribution is -0.137. The lowest BCUT2D eigenvalue weighted by atomic mass is 10.1. The van der Waals surface area contributed by atoms with E-state index in [2.05, 4.69) is 23.7 Å². The maximum atomic E-state index is 5.69. The van der Waals surface area contributed by atoms with Crippen LogP contribution in [-0.2, 0) is 9.47 Å². The zero-order valence-corrected chi connectivity index (χ0v) is 9.30. The summed E-state index contributed by atoms with van der Waals surface area (Å²) < 4.78 is 11.4. The molecule has 1 fully saturated rings. The molecule has 2 atom stereocenters. The van der Waals surface area contributed by atoms with Gasteiger partial charge in [-0.3, -0.25) is 0 Å². The van der Waals surface area contributed by atoms with E-state index in [1.807, 2.05) is 13.8 Å². The second kappa shape index (κ2) is 4.27. The largest absolute Gasteiger partial charge is 0.331 e. The summed E-state index contributed by atoms with van der Waals surface area (Å²) in [5.74, 6) is 11.9. The van der Waals surface area contributed by atoms with E-state index in [9.17, 15) is 0 Å². The van der Waals surface area contributed by atoms with Crippen LogP contribution in [0.3, 0.4) is 0 Å². The summed E-state index contributed by atoms with van der Waals surface area (Å²) in [6.07, 6.45) is 3.78. The molecule has 0 aromatic carbocycles. The molecule has 0 N–H and O–H groups in total. The monoisotopic (exact) mass is 204 g/mol. The Balaban J connectivity index is 2.16. The van der Waals surface area contributed by atoms with Crippen molar-refractivity contribution in [1.82, 2.24) is 0 Å². The molecule has 2 nitrogen and oxygen atoms in total. The molecule has 80 valence electrons. The molecular formula is C13H16O2. The topological polar surface area (TPSA) is 18.5 Å². The van der Waals surface area contributed by atoms with Gasteiger partial charge in [-0.1, -0.05) is 11.8 Å². The van der Waals surface area contributed by atoms with Crippen LogP contribution in [0.2, 0.25) is 0 Å².